The fraction of sp³-hybridized carbons (Fsp3) is 0.552. The van der Waals surface area contributed by atoms with E-state index in [0.29, 0.717) is 0 Å². The van der Waals surface area contributed by atoms with Gasteiger partial charge in [-0.3, -0.25) is 9.59 Å². The van der Waals surface area contributed by atoms with Crippen LogP contribution >= 0.6 is 0 Å². The molecule has 0 fully saturated rings. The molecule has 0 unspecified atom stereocenters. The average molecular weight is 513 g/mol. The van der Waals surface area contributed by atoms with Crippen molar-refractivity contribution in [2.45, 2.75) is 78.9 Å². The maximum atomic E-state index is 13.7. The van der Waals surface area contributed by atoms with Crippen LogP contribution in [0.15, 0.2) is 42.1 Å². The number of hydrogen-bond donors (Lipinski definition) is 3. The number of likely N-dealkylation sites (N-methyl/N-ethyl adjacent to an activating group) is 1. The molecule has 4 N–H and O–H groups in total. The number of fused-ring (bicyclic) bond motifs is 1. The van der Waals surface area contributed by atoms with Crippen LogP contribution in [0.1, 0.15) is 61.0 Å². The molecule has 1 heterocycles. The van der Waals surface area contributed by atoms with E-state index in [-0.39, 0.29) is 17.4 Å². The second-order valence-electron chi connectivity index (χ2n) is 12.0. The third-order valence-electron chi connectivity index (χ3n) is 7.29. The molecule has 0 aliphatic heterocycles. The predicted octanol–water partition coefficient (Wildman–Crippen LogP) is 3.83. The molecule has 2 amide bonds. The predicted molar refractivity (Wildman–Crippen MR) is 148 cm³/mol. The third kappa shape index (κ3) is 6.42. The fourth-order valence-electron chi connectivity index (χ4n) is 4.66. The van der Waals surface area contributed by atoms with E-state index < -0.39 is 40.8 Å². The number of nitrogens with zero attached hydrogens (tertiary/aromatic N) is 2. The number of carbonyl (C=O) groups excluding carboxylic acids is 2. The second-order valence-corrected chi connectivity index (χ2v) is 12.0. The van der Waals surface area contributed by atoms with Crippen LogP contribution in [0, 0.1) is 11.3 Å². The Labute approximate surface area is 220 Å². The van der Waals surface area contributed by atoms with Crippen molar-refractivity contribution in [1.82, 2.24) is 14.8 Å². The summed E-state index contributed by atoms with van der Waals surface area (Å²) in [7, 11) is 3.60. The highest BCUT2D eigenvalue weighted by Gasteiger charge is 2.41. The van der Waals surface area contributed by atoms with E-state index >= 15 is 0 Å². The van der Waals surface area contributed by atoms with Gasteiger partial charge < -0.3 is 25.6 Å². The lowest BCUT2D eigenvalue weighted by molar-refractivity contribution is -0.140. The monoisotopic (exact) mass is 512 g/mol. The maximum Gasteiger partial charge on any atom is 0.331 e. The Morgan fingerprint density at radius 3 is 2.19 bits per heavy atom. The molecule has 0 aliphatic rings. The van der Waals surface area contributed by atoms with Crippen LogP contribution in [0.4, 0.5) is 0 Å². The Hall–Kier alpha value is -3.13. The highest BCUT2D eigenvalue weighted by Crippen LogP contribution is 2.34. The van der Waals surface area contributed by atoms with Crippen molar-refractivity contribution >= 4 is 28.7 Å². The molecule has 37 heavy (non-hydrogen) atoms. The van der Waals surface area contributed by atoms with Crippen molar-refractivity contribution in [3.05, 3.63) is 47.7 Å². The van der Waals surface area contributed by atoms with Gasteiger partial charge >= 0.3 is 5.97 Å². The van der Waals surface area contributed by atoms with Gasteiger partial charge in [0.05, 0.1) is 12.1 Å². The molecule has 3 atom stereocenters. The molecule has 1 aromatic heterocycles. The van der Waals surface area contributed by atoms with Gasteiger partial charge in [-0.15, -0.1) is 0 Å². The van der Waals surface area contributed by atoms with E-state index in [1.54, 1.807) is 13.1 Å². The first-order valence-electron chi connectivity index (χ1n) is 12.7. The minimum absolute atomic E-state index is 0.0351. The summed E-state index contributed by atoms with van der Waals surface area (Å²) in [6.07, 6.45) is 3.59. The van der Waals surface area contributed by atoms with Crippen LogP contribution in [0.25, 0.3) is 10.9 Å². The van der Waals surface area contributed by atoms with Gasteiger partial charge in [-0.2, -0.15) is 0 Å². The first kappa shape index (κ1) is 30.1. The van der Waals surface area contributed by atoms with Crippen LogP contribution in [-0.4, -0.2) is 57.5 Å². The number of aryl methyl sites for hydroxylation is 1. The number of carboxylic acid groups (broad SMARTS) is 1. The molecule has 2 rings (SSSR count). The van der Waals surface area contributed by atoms with Gasteiger partial charge in [-0.05, 0) is 29.9 Å². The Morgan fingerprint density at radius 2 is 1.68 bits per heavy atom. The number of rotatable bonds is 9. The van der Waals surface area contributed by atoms with E-state index in [1.807, 2.05) is 90.5 Å². The molecular weight excluding hydrogens is 468 g/mol. The summed E-state index contributed by atoms with van der Waals surface area (Å²) in [6, 6.07) is 5.74. The van der Waals surface area contributed by atoms with E-state index in [0.717, 1.165) is 16.5 Å². The average Bonchev–Trinajstić information content (AvgIpc) is 3.15. The third-order valence-corrected chi connectivity index (χ3v) is 7.29. The summed E-state index contributed by atoms with van der Waals surface area (Å²) in [5.41, 5.74) is 7.42. The van der Waals surface area contributed by atoms with Gasteiger partial charge in [-0.25, -0.2) is 4.79 Å². The number of hydrogen-bond acceptors (Lipinski definition) is 4. The molecule has 0 bridgehead atoms. The number of benzene rings is 1. The smallest absolute Gasteiger partial charge is 0.331 e. The summed E-state index contributed by atoms with van der Waals surface area (Å²) in [5, 5.41) is 13.3. The highest BCUT2D eigenvalue weighted by molar-refractivity contribution is 5.93. The van der Waals surface area contributed by atoms with Gasteiger partial charge in [0.15, 0.2) is 0 Å². The normalized spacial score (nSPS) is 15.4. The first-order chi connectivity index (χ1) is 16.9. The largest absolute Gasteiger partial charge is 0.478 e. The number of amides is 2. The van der Waals surface area contributed by atoms with Crippen LogP contribution in [0.2, 0.25) is 0 Å². The van der Waals surface area contributed by atoms with E-state index in [9.17, 15) is 19.5 Å². The van der Waals surface area contributed by atoms with Crippen LogP contribution < -0.4 is 11.1 Å². The molecule has 1 aromatic carbocycles. The molecule has 0 saturated carbocycles. The van der Waals surface area contributed by atoms with E-state index in [2.05, 4.69) is 5.32 Å². The van der Waals surface area contributed by atoms with Crippen molar-refractivity contribution in [2.75, 3.05) is 7.05 Å². The zero-order valence-corrected chi connectivity index (χ0v) is 23.9. The Bertz CT molecular complexity index is 1190. The summed E-state index contributed by atoms with van der Waals surface area (Å²) in [6.45, 7) is 14.9. The lowest BCUT2D eigenvalue weighted by Crippen LogP contribution is -2.61. The van der Waals surface area contributed by atoms with Crippen LogP contribution in [-0.2, 0) is 26.8 Å². The molecule has 8 heteroatoms. The molecule has 2 aromatic rings. The zero-order chi connectivity index (χ0) is 28.5. The lowest BCUT2D eigenvalue weighted by atomic mass is 9.77. The summed E-state index contributed by atoms with van der Waals surface area (Å²) in [4.78, 5) is 40.2. The Morgan fingerprint density at radius 1 is 1.11 bits per heavy atom. The summed E-state index contributed by atoms with van der Waals surface area (Å²) >= 11 is 0. The zero-order valence-electron chi connectivity index (χ0n) is 23.9. The van der Waals surface area contributed by atoms with Gasteiger partial charge in [0.1, 0.15) is 6.04 Å². The van der Waals surface area contributed by atoms with E-state index in [1.165, 1.54) is 11.8 Å². The van der Waals surface area contributed by atoms with Gasteiger partial charge in [-0.1, -0.05) is 72.7 Å². The van der Waals surface area contributed by atoms with Crippen molar-refractivity contribution in [2.24, 2.45) is 24.1 Å². The number of carboxylic acids is 1. The van der Waals surface area contributed by atoms with Crippen molar-refractivity contribution in [3.63, 3.8) is 0 Å². The van der Waals surface area contributed by atoms with Crippen LogP contribution in [0.5, 0.6) is 0 Å². The van der Waals surface area contributed by atoms with Crippen molar-refractivity contribution in [1.29, 1.82) is 0 Å². The quantitative estimate of drug-likeness (QED) is 0.442. The maximum absolute atomic E-state index is 13.7. The first-order valence-corrected chi connectivity index (χ1v) is 12.7. The molecule has 0 spiro atoms. The minimum Gasteiger partial charge on any atom is -0.478 e. The van der Waals surface area contributed by atoms with Gasteiger partial charge in [0.2, 0.25) is 11.8 Å². The van der Waals surface area contributed by atoms with Gasteiger partial charge in [0, 0.05) is 42.2 Å². The number of carbonyl (C=O) groups is 3. The second kappa shape index (κ2) is 11.1. The SMILES string of the molecule is C/C(=C\[C@H](C(C)C)N(C)C(=O)[C@@H](NC(=O)[C@@H](N)C(C)(C)c1cn(C)c2ccccc12)C(C)(C)C)C(=O)O. The number of nitrogens with two attached hydrogens (primary N) is 1. The summed E-state index contributed by atoms with van der Waals surface area (Å²) < 4.78 is 2.02. The molecule has 0 radical (unpaired) electrons. The molecular formula is C29H44N4O4. The highest BCUT2D eigenvalue weighted by atomic mass is 16.4. The van der Waals surface area contributed by atoms with E-state index in [4.69, 9.17) is 5.73 Å². The Kier molecular flexibility index (Phi) is 9.02. The number of nitrogens with one attached hydrogen (secondary N) is 1. The number of para-hydroxylation sites is 1. The van der Waals surface area contributed by atoms with Crippen molar-refractivity contribution < 1.29 is 19.5 Å². The standard InChI is InChI=1S/C29H44N4O4/c1-17(2)22(15-18(3)27(36)37)33(10)26(35)24(28(4,5)6)31-25(34)23(30)29(7,8)20-16-32(9)21-14-12-11-13-19(20)21/h11-17,22-24H,30H2,1-10H3,(H,31,34)(H,36,37)/b18-15+/t22-,23-,24-/m1/s1. The molecule has 0 aliphatic carbocycles. The number of aromatic nitrogens is 1. The van der Waals surface area contributed by atoms with Gasteiger partial charge in [0.25, 0.3) is 0 Å². The minimum atomic E-state index is -1.03. The molecule has 8 nitrogen and oxygen atoms in total. The fourth-order valence-corrected chi connectivity index (χ4v) is 4.66. The number of aliphatic carboxylic acids is 1. The summed E-state index contributed by atoms with van der Waals surface area (Å²) in [5.74, 6) is -1.79. The van der Waals surface area contributed by atoms with Crippen LogP contribution in [0.3, 0.4) is 0 Å². The Balaban J connectivity index is 2.38. The molecule has 0 saturated heterocycles. The van der Waals surface area contributed by atoms with Crippen molar-refractivity contribution in [3.8, 4) is 0 Å². The molecule has 204 valence electrons. The topological polar surface area (TPSA) is 118 Å². The lowest BCUT2D eigenvalue weighted by Gasteiger charge is -2.39.